The highest BCUT2D eigenvalue weighted by Crippen LogP contribution is 2.28. The molecule has 2 amide bonds. The van der Waals surface area contributed by atoms with Crippen LogP contribution >= 0.6 is 0 Å². The number of hydrogen-bond acceptors (Lipinski definition) is 4. The van der Waals surface area contributed by atoms with Crippen LogP contribution in [0.3, 0.4) is 0 Å². The molecule has 0 aliphatic rings. The molecule has 0 spiro atoms. The van der Waals surface area contributed by atoms with Crippen molar-refractivity contribution < 1.29 is 23.5 Å². The fraction of sp³-hybridized carbons (Fsp3) is 0.348. The predicted octanol–water partition coefficient (Wildman–Crippen LogP) is 3.60. The topological polar surface area (TPSA) is 75.7 Å². The molecule has 0 aliphatic heterocycles. The van der Waals surface area contributed by atoms with Crippen LogP contribution in [0.5, 0.6) is 0 Å². The summed E-state index contributed by atoms with van der Waals surface area (Å²) in [5.74, 6) is -2.22. The third kappa shape index (κ3) is 6.69. The molecule has 0 heterocycles. The number of nitrogens with one attached hydrogen (secondary N) is 1. The lowest BCUT2D eigenvalue weighted by molar-refractivity contribution is -0.154. The summed E-state index contributed by atoms with van der Waals surface area (Å²) in [4.78, 5) is 38.2. The van der Waals surface area contributed by atoms with Gasteiger partial charge in [-0.3, -0.25) is 14.4 Å². The van der Waals surface area contributed by atoms with E-state index in [0.29, 0.717) is 5.69 Å². The molecule has 160 valence electrons. The summed E-state index contributed by atoms with van der Waals surface area (Å²) in [7, 11) is 1.45. The zero-order valence-electron chi connectivity index (χ0n) is 17.4. The van der Waals surface area contributed by atoms with Crippen molar-refractivity contribution in [1.82, 2.24) is 4.90 Å². The van der Waals surface area contributed by atoms with Gasteiger partial charge >= 0.3 is 5.97 Å². The fourth-order valence-corrected chi connectivity index (χ4v) is 2.96. The van der Waals surface area contributed by atoms with Crippen LogP contribution in [0.25, 0.3) is 0 Å². The summed E-state index contributed by atoms with van der Waals surface area (Å²) in [5.41, 5.74) is 1.27. The summed E-state index contributed by atoms with van der Waals surface area (Å²) in [6.07, 6.45) is 0.784. The number of halogens is 1. The summed E-state index contributed by atoms with van der Waals surface area (Å²) < 4.78 is 18.2. The molecule has 0 bridgehead atoms. The molecule has 6 nitrogen and oxygen atoms in total. The van der Waals surface area contributed by atoms with E-state index in [1.807, 2.05) is 44.2 Å². The van der Waals surface area contributed by atoms with Gasteiger partial charge in [0.1, 0.15) is 5.82 Å². The van der Waals surface area contributed by atoms with Crippen molar-refractivity contribution in [3.8, 4) is 0 Å². The van der Waals surface area contributed by atoms with Gasteiger partial charge in [-0.05, 0) is 35.7 Å². The molecule has 0 aromatic heterocycles. The molecule has 1 N–H and O–H groups in total. The zero-order valence-corrected chi connectivity index (χ0v) is 17.4. The first kappa shape index (κ1) is 23.1. The molecule has 0 saturated heterocycles. The van der Waals surface area contributed by atoms with Crippen molar-refractivity contribution in [3.63, 3.8) is 0 Å². The monoisotopic (exact) mass is 414 g/mol. The van der Waals surface area contributed by atoms with Gasteiger partial charge in [-0.1, -0.05) is 50.6 Å². The second-order valence-corrected chi connectivity index (χ2v) is 7.19. The molecule has 2 aromatic carbocycles. The second-order valence-electron chi connectivity index (χ2n) is 7.19. The SMILES string of the molecule is CCC(C)C(C(=O)OCC(=O)N(C)CC(=O)Nc1ccc(F)cc1)c1ccccc1. The number of carbonyl (C=O) groups is 3. The number of rotatable bonds is 9. The molecule has 7 heteroatoms. The van der Waals surface area contributed by atoms with E-state index in [0.717, 1.165) is 12.0 Å². The average Bonchev–Trinajstić information content (AvgIpc) is 2.74. The fourth-order valence-electron chi connectivity index (χ4n) is 2.96. The Kier molecular flexibility index (Phi) is 8.53. The lowest BCUT2D eigenvalue weighted by Crippen LogP contribution is -2.38. The molecule has 2 atom stereocenters. The number of esters is 1. The summed E-state index contributed by atoms with van der Waals surface area (Å²) in [6.45, 7) is 3.29. The standard InChI is InChI=1S/C23H27FN2O4/c1-4-16(2)22(17-8-6-5-7-9-17)23(29)30-15-21(28)26(3)14-20(27)25-19-12-10-18(24)11-13-19/h5-13,16,22H,4,14-15H2,1-3H3,(H,25,27). The van der Waals surface area contributed by atoms with Gasteiger partial charge < -0.3 is 15.0 Å². The van der Waals surface area contributed by atoms with Gasteiger partial charge in [-0.25, -0.2) is 4.39 Å². The smallest absolute Gasteiger partial charge is 0.314 e. The van der Waals surface area contributed by atoms with Crippen molar-refractivity contribution in [2.24, 2.45) is 5.92 Å². The number of nitrogens with zero attached hydrogens (tertiary/aromatic N) is 1. The number of carbonyl (C=O) groups excluding carboxylic acids is 3. The first-order valence-electron chi connectivity index (χ1n) is 9.82. The molecule has 2 rings (SSSR count). The Balaban J connectivity index is 1.88. The van der Waals surface area contributed by atoms with Crippen LogP contribution in [0.15, 0.2) is 54.6 Å². The van der Waals surface area contributed by atoms with Gasteiger partial charge in [0.05, 0.1) is 12.5 Å². The van der Waals surface area contributed by atoms with Crippen LogP contribution in [-0.4, -0.2) is 42.9 Å². The Bertz CT molecular complexity index is 855. The van der Waals surface area contributed by atoms with E-state index < -0.39 is 36.1 Å². The minimum atomic E-state index is -0.492. The minimum absolute atomic E-state index is 0.0502. The summed E-state index contributed by atoms with van der Waals surface area (Å²) in [6, 6.07) is 14.6. The van der Waals surface area contributed by atoms with E-state index >= 15 is 0 Å². The van der Waals surface area contributed by atoms with E-state index in [4.69, 9.17) is 4.74 Å². The van der Waals surface area contributed by atoms with Crippen molar-refractivity contribution >= 4 is 23.5 Å². The van der Waals surface area contributed by atoms with E-state index in [-0.39, 0.29) is 12.5 Å². The van der Waals surface area contributed by atoms with Crippen molar-refractivity contribution in [3.05, 3.63) is 66.0 Å². The zero-order chi connectivity index (χ0) is 22.1. The molecule has 0 aliphatic carbocycles. The maximum absolute atomic E-state index is 12.9. The van der Waals surface area contributed by atoms with Gasteiger partial charge in [0.25, 0.3) is 5.91 Å². The molecule has 0 fully saturated rings. The molecular formula is C23H27FN2O4. The predicted molar refractivity (Wildman–Crippen MR) is 112 cm³/mol. The Morgan fingerprint density at radius 2 is 1.70 bits per heavy atom. The Morgan fingerprint density at radius 1 is 1.07 bits per heavy atom. The molecular weight excluding hydrogens is 387 g/mol. The highest BCUT2D eigenvalue weighted by Gasteiger charge is 2.28. The minimum Gasteiger partial charge on any atom is -0.455 e. The van der Waals surface area contributed by atoms with Crippen LogP contribution in [-0.2, 0) is 19.1 Å². The largest absolute Gasteiger partial charge is 0.455 e. The normalized spacial score (nSPS) is 12.5. The first-order valence-corrected chi connectivity index (χ1v) is 9.82. The van der Waals surface area contributed by atoms with E-state index in [2.05, 4.69) is 5.32 Å². The number of anilines is 1. The van der Waals surface area contributed by atoms with Gasteiger partial charge in [0, 0.05) is 12.7 Å². The molecule has 0 saturated carbocycles. The van der Waals surface area contributed by atoms with E-state index in [1.54, 1.807) is 0 Å². The maximum atomic E-state index is 12.9. The van der Waals surface area contributed by atoms with Gasteiger partial charge in [-0.2, -0.15) is 0 Å². The van der Waals surface area contributed by atoms with Gasteiger partial charge in [0.15, 0.2) is 6.61 Å². The van der Waals surface area contributed by atoms with Crippen LogP contribution in [0.2, 0.25) is 0 Å². The number of amides is 2. The molecule has 0 radical (unpaired) electrons. The van der Waals surface area contributed by atoms with Crippen molar-refractivity contribution in [2.75, 3.05) is 25.5 Å². The Labute approximate surface area is 176 Å². The molecule has 2 aromatic rings. The van der Waals surface area contributed by atoms with Gasteiger partial charge in [-0.15, -0.1) is 0 Å². The third-order valence-electron chi connectivity index (χ3n) is 4.90. The summed E-state index contributed by atoms with van der Waals surface area (Å²) in [5, 5.41) is 2.57. The van der Waals surface area contributed by atoms with Crippen LogP contribution in [0.1, 0.15) is 31.7 Å². The summed E-state index contributed by atoms with van der Waals surface area (Å²) >= 11 is 0. The van der Waals surface area contributed by atoms with Crippen LogP contribution in [0, 0.1) is 11.7 Å². The van der Waals surface area contributed by atoms with E-state index in [9.17, 15) is 18.8 Å². The second kappa shape index (κ2) is 11.1. The van der Waals surface area contributed by atoms with Crippen LogP contribution < -0.4 is 5.32 Å². The lowest BCUT2D eigenvalue weighted by atomic mass is 9.86. The highest BCUT2D eigenvalue weighted by atomic mass is 19.1. The lowest BCUT2D eigenvalue weighted by Gasteiger charge is -2.22. The Morgan fingerprint density at radius 3 is 2.30 bits per heavy atom. The number of likely N-dealkylation sites (N-methyl/N-ethyl adjacent to an activating group) is 1. The van der Waals surface area contributed by atoms with E-state index in [1.165, 1.54) is 36.2 Å². The number of benzene rings is 2. The van der Waals surface area contributed by atoms with Crippen molar-refractivity contribution in [2.45, 2.75) is 26.2 Å². The quantitative estimate of drug-likeness (QED) is 0.636. The first-order chi connectivity index (χ1) is 14.3. The molecule has 2 unspecified atom stereocenters. The maximum Gasteiger partial charge on any atom is 0.314 e. The average molecular weight is 414 g/mol. The third-order valence-corrected chi connectivity index (χ3v) is 4.90. The number of ether oxygens (including phenoxy) is 1. The molecule has 30 heavy (non-hydrogen) atoms. The van der Waals surface area contributed by atoms with Crippen molar-refractivity contribution in [1.29, 1.82) is 0 Å². The van der Waals surface area contributed by atoms with Gasteiger partial charge in [0.2, 0.25) is 5.91 Å². The highest BCUT2D eigenvalue weighted by molar-refractivity contribution is 5.94. The number of hydrogen-bond donors (Lipinski definition) is 1. The van der Waals surface area contributed by atoms with Crippen LogP contribution in [0.4, 0.5) is 10.1 Å². The Hall–Kier alpha value is -3.22.